The number of methoxy groups -OCH3 is 2. The molecular weight excluding hydrogens is 244 g/mol. The molecule has 0 bridgehead atoms. The average Bonchev–Trinajstić information content (AvgIpc) is 2.93. The van der Waals surface area contributed by atoms with Crippen molar-refractivity contribution >= 4 is 11.2 Å². The Kier molecular flexibility index (Phi) is 2.75. The van der Waals surface area contributed by atoms with Crippen LogP contribution in [0.4, 0.5) is 0 Å². The summed E-state index contributed by atoms with van der Waals surface area (Å²) in [5.74, 6) is 1.38. The standard InChI is InChI=1S/C13H12N4O2/c1-18-11-4-3-8(6-12(11)19-2)9-5-10-13(14-7-9)16-17-15-10/h3-7H,1-2H3,(H,14,15,16,17). The van der Waals surface area contributed by atoms with Crippen LogP contribution in [0, 0.1) is 0 Å². The molecule has 0 unspecified atom stereocenters. The van der Waals surface area contributed by atoms with Gasteiger partial charge >= 0.3 is 0 Å². The zero-order chi connectivity index (χ0) is 13.2. The van der Waals surface area contributed by atoms with Gasteiger partial charge in [0.05, 0.1) is 14.2 Å². The molecule has 1 N–H and O–H groups in total. The van der Waals surface area contributed by atoms with Crippen LogP contribution >= 0.6 is 0 Å². The fraction of sp³-hybridized carbons (Fsp3) is 0.154. The van der Waals surface area contributed by atoms with E-state index in [0.29, 0.717) is 17.1 Å². The van der Waals surface area contributed by atoms with Crippen molar-refractivity contribution in [1.29, 1.82) is 0 Å². The fourth-order valence-corrected chi connectivity index (χ4v) is 1.91. The third kappa shape index (κ3) is 1.97. The molecule has 19 heavy (non-hydrogen) atoms. The quantitative estimate of drug-likeness (QED) is 0.776. The van der Waals surface area contributed by atoms with Crippen LogP contribution in [0.1, 0.15) is 0 Å². The number of fused-ring (bicyclic) bond motifs is 1. The summed E-state index contributed by atoms with van der Waals surface area (Å²) >= 11 is 0. The first kappa shape index (κ1) is 11.5. The van der Waals surface area contributed by atoms with E-state index in [0.717, 1.165) is 16.6 Å². The molecule has 2 aromatic heterocycles. The summed E-state index contributed by atoms with van der Waals surface area (Å²) in [6.07, 6.45) is 1.76. The molecule has 6 nitrogen and oxygen atoms in total. The van der Waals surface area contributed by atoms with Crippen molar-refractivity contribution in [3.05, 3.63) is 30.5 Å². The third-order valence-electron chi connectivity index (χ3n) is 2.89. The summed E-state index contributed by atoms with van der Waals surface area (Å²) in [5.41, 5.74) is 3.26. The highest BCUT2D eigenvalue weighted by atomic mass is 16.5. The number of rotatable bonds is 3. The van der Waals surface area contributed by atoms with Crippen molar-refractivity contribution < 1.29 is 9.47 Å². The summed E-state index contributed by atoms with van der Waals surface area (Å²) in [7, 11) is 3.22. The Morgan fingerprint density at radius 2 is 1.79 bits per heavy atom. The van der Waals surface area contributed by atoms with Crippen LogP contribution < -0.4 is 9.47 Å². The average molecular weight is 256 g/mol. The zero-order valence-electron chi connectivity index (χ0n) is 10.5. The molecule has 0 spiro atoms. The maximum absolute atomic E-state index is 5.29. The van der Waals surface area contributed by atoms with E-state index in [-0.39, 0.29) is 0 Å². The second-order valence-corrected chi connectivity index (χ2v) is 3.96. The molecule has 3 aromatic rings. The lowest BCUT2D eigenvalue weighted by molar-refractivity contribution is 0.355. The monoisotopic (exact) mass is 256 g/mol. The predicted molar refractivity (Wildman–Crippen MR) is 70.2 cm³/mol. The van der Waals surface area contributed by atoms with Crippen LogP contribution in [-0.2, 0) is 0 Å². The van der Waals surface area contributed by atoms with E-state index in [9.17, 15) is 0 Å². The highest BCUT2D eigenvalue weighted by Crippen LogP contribution is 2.32. The molecule has 0 radical (unpaired) electrons. The van der Waals surface area contributed by atoms with Gasteiger partial charge in [-0.1, -0.05) is 6.07 Å². The second kappa shape index (κ2) is 4.56. The Morgan fingerprint density at radius 3 is 2.58 bits per heavy atom. The molecule has 3 rings (SSSR count). The summed E-state index contributed by atoms with van der Waals surface area (Å²) in [5, 5.41) is 10.5. The van der Waals surface area contributed by atoms with E-state index in [1.807, 2.05) is 24.3 Å². The van der Waals surface area contributed by atoms with Crippen LogP contribution in [-0.4, -0.2) is 34.6 Å². The Morgan fingerprint density at radius 1 is 0.947 bits per heavy atom. The summed E-state index contributed by atoms with van der Waals surface area (Å²) < 4.78 is 10.5. The van der Waals surface area contributed by atoms with Gasteiger partial charge in [-0.2, -0.15) is 10.3 Å². The van der Waals surface area contributed by atoms with Crippen LogP contribution in [0.15, 0.2) is 30.5 Å². The topological polar surface area (TPSA) is 72.9 Å². The molecule has 0 aliphatic carbocycles. The second-order valence-electron chi connectivity index (χ2n) is 3.96. The molecule has 0 aliphatic heterocycles. The van der Waals surface area contributed by atoms with Crippen molar-refractivity contribution in [2.24, 2.45) is 0 Å². The van der Waals surface area contributed by atoms with Crippen LogP contribution in [0.3, 0.4) is 0 Å². The Bertz CT molecular complexity index is 723. The fourth-order valence-electron chi connectivity index (χ4n) is 1.91. The summed E-state index contributed by atoms with van der Waals surface area (Å²) in [4.78, 5) is 4.24. The number of aromatic nitrogens is 4. The SMILES string of the molecule is COc1ccc(-c2cnc3n[nH]nc3c2)cc1OC. The highest BCUT2D eigenvalue weighted by molar-refractivity contribution is 5.77. The summed E-state index contributed by atoms with van der Waals surface area (Å²) in [6.45, 7) is 0. The van der Waals surface area contributed by atoms with Gasteiger partial charge < -0.3 is 9.47 Å². The van der Waals surface area contributed by atoms with Gasteiger partial charge in [-0.05, 0) is 23.8 Å². The minimum atomic E-state index is 0.601. The first-order valence-corrected chi connectivity index (χ1v) is 5.71. The van der Waals surface area contributed by atoms with Gasteiger partial charge in [-0.15, -0.1) is 5.10 Å². The van der Waals surface area contributed by atoms with Gasteiger partial charge in [-0.25, -0.2) is 4.98 Å². The van der Waals surface area contributed by atoms with Crippen LogP contribution in [0.5, 0.6) is 11.5 Å². The van der Waals surface area contributed by atoms with Crippen LogP contribution in [0.25, 0.3) is 22.3 Å². The maximum Gasteiger partial charge on any atom is 0.201 e. The molecular formula is C13H12N4O2. The van der Waals surface area contributed by atoms with Crippen molar-refractivity contribution in [1.82, 2.24) is 20.4 Å². The molecule has 96 valence electrons. The maximum atomic E-state index is 5.29. The van der Waals surface area contributed by atoms with E-state index >= 15 is 0 Å². The van der Waals surface area contributed by atoms with E-state index in [2.05, 4.69) is 20.4 Å². The number of benzene rings is 1. The van der Waals surface area contributed by atoms with E-state index in [1.54, 1.807) is 20.4 Å². The van der Waals surface area contributed by atoms with Gasteiger partial charge in [0.15, 0.2) is 11.5 Å². The molecule has 2 heterocycles. The number of hydrogen-bond donors (Lipinski definition) is 1. The van der Waals surface area contributed by atoms with Crippen molar-refractivity contribution in [2.75, 3.05) is 14.2 Å². The molecule has 6 heteroatoms. The Hall–Kier alpha value is -2.63. The number of pyridine rings is 1. The third-order valence-corrected chi connectivity index (χ3v) is 2.89. The van der Waals surface area contributed by atoms with E-state index in [4.69, 9.17) is 9.47 Å². The highest BCUT2D eigenvalue weighted by Gasteiger charge is 2.08. The van der Waals surface area contributed by atoms with Crippen molar-refractivity contribution in [3.63, 3.8) is 0 Å². The lowest BCUT2D eigenvalue weighted by Gasteiger charge is -2.09. The first-order valence-electron chi connectivity index (χ1n) is 5.71. The minimum absolute atomic E-state index is 0.601. The predicted octanol–water partition coefficient (Wildman–Crippen LogP) is 2.04. The molecule has 1 aromatic carbocycles. The molecule has 0 amide bonds. The molecule has 0 fully saturated rings. The molecule has 0 saturated heterocycles. The smallest absolute Gasteiger partial charge is 0.201 e. The van der Waals surface area contributed by atoms with Gasteiger partial charge in [0.25, 0.3) is 0 Å². The first-order chi connectivity index (χ1) is 9.31. The number of hydrogen-bond acceptors (Lipinski definition) is 5. The van der Waals surface area contributed by atoms with E-state index in [1.165, 1.54) is 0 Å². The summed E-state index contributed by atoms with van der Waals surface area (Å²) in [6, 6.07) is 7.64. The largest absolute Gasteiger partial charge is 0.493 e. The number of ether oxygens (including phenoxy) is 2. The van der Waals surface area contributed by atoms with Crippen molar-refractivity contribution in [3.8, 4) is 22.6 Å². The minimum Gasteiger partial charge on any atom is -0.493 e. The van der Waals surface area contributed by atoms with Gasteiger partial charge in [0.1, 0.15) is 5.52 Å². The number of nitrogens with one attached hydrogen (secondary N) is 1. The van der Waals surface area contributed by atoms with Crippen LogP contribution in [0.2, 0.25) is 0 Å². The normalized spacial score (nSPS) is 10.6. The van der Waals surface area contributed by atoms with Gasteiger partial charge in [-0.3, -0.25) is 0 Å². The van der Waals surface area contributed by atoms with Gasteiger partial charge in [0, 0.05) is 11.8 Å². The number of aromatic amines is 1. The Balaban J connectivity index is 2.09. The number of nitrogens with zero attached hydrogens (tertiary/aromatic N) is 3. The zero-order valence-corrected chi connectivity index (χ0v) is 10.5. The van der Waals surface area contributed by atoms with E-state index < -0.39 is 0 Å². The number of H-pyrrole nitrogens is 1. The molecule has 0 atom stereocenters. The Labute approximate surface area is 109 Å². The van der Waals surface area contributed by atoms with Gasteiger partial charge in [0.2, 0.25) is 5.65 Å². The molecule has 0 saturated carbocycles. The van der Waals surface area contributed by atoms with Crippen molar-refractivity contribution in [2.45, 2.75) is 0 Å². The lowest BCUT2D eigenvalue weighted by atomic mass is 10.1. The lowest BCUT2D eigenvalue weighted by Crippen LogP contribution is -1.91. The molecule has 0 aliphatic rings.